The Balaban J connectivity index is 1.42. The lowest BCUT2D eigenvalue weighted by Gasteiger charge is -2.26. The van der Waals surface area contributed by atoms with Crippen LogP contribution in [0.25, 0.3) is 5.57 Å². The summed E-state index contributed by atoms with van der Waals surface area (Å²) in [4.78, 5) is 15.8. The highest BCUT2D eigenvalue weighted by atomic mass is 32.2. The Kier molecular flexibility index (Phi) is 10.3. The molecule has 1 aliphatic heterocycles. The number of carbonyl (C=O) groups excluding carboxylic acids is 1. The van der Waals surface area contributed by atoms with Crippen molar-refractivity contribution in [1.29, 1.82) is 0 Å². The number of nitrogens with zero attached hydrogens (tertiary/aromatic N) is 1. The maximum Gasteiger partial charge on any atom is 0.335 e. The molecular formula is C27H35NO4S. The standard InChI is InChI=1S/C27H35NO4S/c1-4-30-26(27(29)31-5-2)20-21-6-10-24(11-7-21)32-19-18-28-16-14-23(15-17-28)22-8-12-25(33-3)13-9-22/h6-14,26H,4-5,15-20H2,1-3H3. The molecule has 6 heteroatoms. The van der Waals surface area contributed by atoms with Crippen LogP contribution in [-0.2, 0) is 20.7 Å². The Bertz CT molecular complexity index is 895. The molecule has 0 aliphatic carbocycles. The zero-order chi connectivity index (χ0) is 23.5. The van der Waals surface area contributed by atoms with E-state index in [1.54, 1.807) is 18.7 Å². The molecule has 0 saturated carbocycles. The van der Waals surface area contributed by atoms with Gasteiger partial charge in [0.05, 0.1) is 6.61 Å². The third-order valence-electron chi connectivity index (χ3n) is 5.69. The minimum absolute atomic E-state index is 0.310. The maximum atomic E-state index is 12.0. The van der Waals surface area contributed by atoms with Gasteiger partial charge in [-0.25, -0.2) is 4.79 Å². The van der Waals surface area contributed by atoms with Gasteiger partial charge in [-0.3, -0.25) is 4.90 Å². The fourth-order valence-corrected chi connectivity index (χ4v) is 4.26. The van der Waals surface area contributed by atoms with Crippen molar-refractivity contribution in [3.63, 3.8) is 0 Å². The minimum atomic E-state index is -0.567. The number of hydrogen-bond acceptors (Lipinski definition) is 6. The van der Waals surface area contributed by atoms with E-state index in [4.69, 9.17) is 14.2 Å². The molecule has 1 unspecified atom stereocenters. The van der Waals surface area contributed by atoms with Crippen LogP contribution in [0, 0.1) is 0 Å². The van der Waals surface area contributed by atoms with Gasteiger partial charge in [0.15, 0.2) is 6.10 Å². The molecule has 5 nitrogen and oxygen atoms in total. The monoisotopic (exact) mass is 469 g/mol. The van der Waals surface area contributed by atoms with E-state index in [1.807, 2.05) is 31.2 Å². The first-order valence-electron chi connectivity index (χ1n) is 11.7. The lowest BCUT2D eigenvalue weighted by Crippen LogP contribution is -2.32. The van der Waals surface area contributed by atoms with Crippen molar-refractivity contribution in [2.45, 2.75) is 37.7 Å². The van der Waals surface area contributed by atoms with Gasteiger partial charge in [0.2, 0.25) is 0 Å². The fraction of sp³-hybridized carbons (Fsp3) is 0.444. The van der Waals surface area contributed by atoms with Crippen LogP contribution in [0.4, 0.5) is 0 Å². The van der Waals surface area contributed by atoms with Crippen LogP contribution in [0.15, 0.2) is 59.5 Å². The highest BCUT2D eigenvalue weighted by Crippen LogP contribution is 2.24. The molecule has 178 valence electrons. The van der Waals surface area contributed by atoms with E-state index < -0.39 is 6.10 Å². The van der Waals surface area contributed by atoms with Gasteiger partial charge >= 0.3 is 5.97 Å². The highest BCUT2D eigenvalue weighted by molar-refractivity contribution is 7.98. The Morgan fingerprint density at radius 2 is 1.82 bits per heavy atom. The molecule has 0 amide bonds. The van der Waals surface area contributed by atoms with Gasteiger partial charge in [0.1, 0.15) is 12.4 Å². The third-order valence-corrected chi connectivity index (χ3v) is 6.44. The van der Waals surface area contributed by atoms with Crippen molar-refractivity contribution >= 4 is 23.3 Å². The Morgan fingerprint density at radius 3 is 2.42 bits per heavy atom. The SMILES string of the molecule is CCOC(=O)C(Cc1ccc(OCCN2CC=C(c3ccc(SC)cc3)CC2)cc1)OCC. The van der Waals surface area contributed by atoms with Crippen LogP contribution in [0.5, 0.6) is 5.75 Å². The molecule has 2 aromatic carbocycles. The average Bonchev–Trinajstić information content (AvgIpc) is 2.85. The van der Waals surface area contributed by atoms with Crippen molar-refractivity contribution in [3.8, 4) is 5.75 Å². The summed E-state index contributed by atoms with van der Waals surface area (Å²) in [6.07, 6.45) is 5.43. The predicted octanol–water partition coefficient (Wildman–Crippen LogP) is 5.09. The van der Waals surface area contributed by atoms with Crippen LogP contribution in [0.3, 0.4) is 0 Å². The molecule has 1 atom stereocenters. The lowest BCUT2D eigenvalue weighted by molar-refractivity contribution is -0.156. The topological polar surface area (TPSA) is 48.0 Å². The number of hydrogen-bond donors (Lipinski definition) is 0. The van der Waals surface area contributed by atoms with Gasteiger partial charge in [-0.1, -0.05) is 30.3 Å². The summed E-state index contributed by atoms with van der Waals surface area (Å²) in [7, 11) is 0. The molecule has 0 saturated heterocycles. The van der Waals surface area contributed by atoms with Crippen LogP contribution >= 0.6 is 11.8 Å². The first-order valence-corrected chi connectivity index (χ1v) is 12.9. The number of thioether (sulfide) groups is 1. The summed E-state index contributed by atoms with van der Waals surface area (Å²) in [6.45, 7) is 8.06. The van der Waals surface area contributed by atoms with E-state index >= 15 is 0 Å². The van der Waals surface area contributed by atoms with Crippen LogP contribution < -0.4 is 4.74 Å². The van der Waals surface area contributed by atoms with Gasteiger partial charge < -0.3 is 14.2 Å². The maximum absolute atomic E-state index is 12.0. The van der Waals surface area contributed by atoms with E-state index in [0.717, 1.165) is 37.4 Å². The smallest absolute Gasteiger partial charge is 0.335 e. The molecular weight excluding hydrogens is 434 g/mol. The summed E-state index contributed by atoms with van der Waals surface area (Å²) in [6, 6.07) is 16.7. The normalized spacial score (nSPS) is 15.1. The lowest BCUT2D eigenvalue weighted by atomic mass is 10.00. The zero-order valence-corrected chi connectivity index (χ0v) is 20.7. The minimum Gasteiger partial charge on any atom is -0.492 e. The largest absolute Gasteiger partial charge is 0.492 e. The second-order valence-electron chi connectivity index (χ2n) is 7.90. The number of carbonyl (C=O) groups is 1. The second-order valence-corrected chi connectivity index (χ2v) is 8.78. The molecule has 1 aliphatic rings. The van der Waals surface area contributed by atoms with E-state index in [9.17, 15) is 4.79 Å². The summed E-state index contributed by atoms with van der Waals surface area (Å²) >= 11 is 1.77. The molecule has 0 spiro atoms. The summed E-state index contributed by atoms with van der Waals surface area (Å²) in [5, 5.41) is 0. The van der Waals surface area contributed by atoms with Crippen molar-refractivity contribution in [2.75, 3.05) is 45.7 Å². The second kappa shape index (κ2) is 13.4. The number of benzene rings is 2. The number of rotatable bonds is 12. The van der Waals surface area contributed by atoms with Crippen molar-refractivity contribution in [3.05, 3.63) is 65.7 Å². The summed E-state index contributed by atoms with van der Waals surface area (Å²) in [5.41, 5.74) is 3.79. The van der Waals surface area contributed by atoms with E-state index in [-0.39, 0.29) is 5.97 Å². The number of esters is 1. The third kappa shape index (κ3) is 7.91. The molecule has 0 aromatic heterocycles. The van der Waals surface area contributed by atoms with Crippen molar-refractivity contribution in [1.82, 2.24) is 4.90 Å². The van der Waals surface area contributed by atoms with Gasteiger partial charge in [-0.2, -0.15) is 0 Å². The predicted molar refractivity (Wildman–Crippen MR) is 135 cm³/mol. The van der Waals surface area contributed by atoms with Gasteiger partial charge in [0, 0.05) is 37.6 Å². The van der Waals surface area contributed by atoms with Crippen LogP contribution in [0.2, 0.25) is 0 Å². The quantitative estimate of drug-likeness (QED) is 0.319. The van der Waals surface area contributed by atoms with E-state index in [1.165, 1.54) is 16.0 Å². The Morgan fingerprint density at radius 1 is 1.06 bits per heavy atom. The van der Waals surface area contributed by atoms with Crippen molar-refractivity contribution < 1.29 is 19.0 Å². The van der Waals surface area contributed by atoms with Crippen LogP contribution in [-0.4, -0.2) is 62.7 Å². The molecule has 2 aromatic rings. The highest BCUT2D eigenvalue weighted by Gasteiger charge is 2.20. The van der Waals surface area contributed by atoms with Gasteiger partial charge in [-0.05, 0) is 67.5 Å². The van der Waals surface area contributed by atoms with E-state index in [2.05, 4.69) is 41.5 Å². The van der Waals surface area contributed by atoms with Gasteiger partial charge in [-0.15, -0.1) is 11.8 Å². The Hall–Kier alpha value is -2.28. The first-order chi connectivity index (χ1) is 16.1. The molecule has 0 bridgehead atoms. The summed E-state index contributed by atoms with van der Waals surface area (Å²) in [5.74, 6) is 0.528. The van der Waals surface area contributed by atoms with Crippen molar-refractivity contribution in [2.24, 2.45) is 0 Å². The zero-order valence-electron chi connectivity index (χ0n) is 19.9. The number of ether oxygens (including phenoxy) is 3. The summed E-state index contributed by atoms with van der Waals surface area (Å²) < 4.78 is 16.6. The average molecular weight is 470 g/mol. The van der Waals surface area contributed by atoms with Gasteiger partial charge in [0.25, 0.3) is 0 Å². The Labute approximate surface area is 202 Å². The van der Waals surface area contributed by atoms with E-state index in [0.29, 0.717) is 26.2 Å². The molecule has 0 fully saturated rings. The fourth-order valence-electron chi connectivity index (χ4n) is 3.86. The van der Waals surface area contributed by atoms with Crippen LogP contribution in [0.1, 0.15) is 31.4 Å². The molecule has 33 heavy (non-hydrogen) atoms. The molecule has 0 radical (unpaired) electrons. The first kappa shape index (κ1) is 25.3. The molecule has 0 N–H and O–H groups in total. The molecule has 3 rings (SSSR count). The molecule has 1 heterocycles.